The van der Waals surface area contributed by atoms with E-state index in [9.17, 15) is 33.0 Å². The van der Waals surface area contributed by atoms with E-state index < -0.39 is 36.5 Å². The third kappa shape index (κ3) is 5.68. The lowest BCUT2D eigenvalue weighted by Crippen LogP contribution is -2.37. The first kappa shape index (κ1) is 26.4. The van der Waals surface area contributed by atoms with Gasteiger partial charge in [-0.3, -0.25) is 4.57 Å². The zero-order chi connectivity index (χ0) is 26.9. The van der Waals surface area contributed by atoms with Crippen LogP contribution in [-0.2, 0) is 17.9 Å². The monoisotopic (exact) mass is 556 g/mol. The second-order valence-electron chi connectivity index (χ2n) is 7.89. The minimum Gasteiger partial charge on any atom is -0.479 e. The van der Waals surface area contributed by atoms with Crippen LogP contribution < -0.4 is 5.69 Å². The van der Waals surface area contributed by atoms with Gasteiger partial charge >= 0.3 is 17.8 Å². The largest absolute Gasteiger partial charge is 0.479 e. The Morgan fingerprint density at radius 2 is 1.76 bits per heavy atom. The number of benzene rings is 2. The average molecular weight is 557 g/mol. The number of hydrogen-bond donors (Lipinski definition) is 2. The molecule has 15 heteroatoms. The van der Waals surface area contributed by atoms with Crippen molar-refractivity contribution in [3.05, 3.63) is 86.5 Å². The highest BCUT2D eigenvalue weighted by Gasteiger charge is 2.39. The highest BCUT2D eigenvalue weighted by Crippen LogP contribution is 2.26. The van der Waals surface area contributed by atoms with Gasteiger partial charge in [0.25, 0.3) is 0 Å². The Labute approximate surface area is 216 Å². The maximum absolute atomic E-state index is 13.0. The highest BCUT2D eigenvalue weighted by atomic mass is 35.5. The van der Waals surface area contributed by atoms with Crippen molar-refractivity contribution < 1.29 is 28.2 Å². The highest BCUT2D eigenvalue weighted by molar-refractivity contribution is 6.31. The van der Waals surface area contributed by atoms with Crippen molar-refractivity contribution in [3.8, 4) is 11.4 Å². The van der Waals surface area contributed by atoms with Gasteiger partial charge in [0.1, 0.15) is 5.69 Å². The van der Waals surface area contributed by atoms with E-state index >= 15 is 0 Å². The van der Waals surface area contributed by atoms with Crippen LogP contribution in [0.3, 0.4) is 0 Å². The number of hydrogen-bond acceptors (Lipinski definition) is 6. The fourth-order valence-electron chi connectivity index (χ4n) is 3.55. The molecule has 37 heavy (non-hydrogen) atoms. The van der Waals surface area contributed by atoms with Crippen molar-refractivity contribution in [2.75, 3.05) is 0 Å². The molecule has 2 aromatic heterocycles. The first-order valence-electron chi connectivity index (χ1n) is 10.5. The SMILES string of the molecule is O=C(O)C(c1ccccc1Cl)n1cc(Cn2nc(-c3ccc(Cl)cc3)n(C[C@H](O)C(F)(F)F)c2=O)nn1. The lowest BCUT2D eigenvalue weighted by molar-refractivity contribution is -0.207. The Hall–Kier alpha value is -3.68. The van der Waals surface area contributed by atoms with Gasteiger partial charge in [0.15, 0.2) is 18.0 Å². The zero-order valence-electron chi connectivity index (χ0n) is 18.5. The van der Waals surface area contributed by atoms with Crippen molar-refractivity contribution in [2.45, 2.75) is 31.4 Å². The van der Waals surface area contributed by atoms with E-state index in [1.165, 1.54) is 42.6 Å². The smallest absolute Gasteiger partial charge is 0.416 e. The summed E-state index contributed by atoms with van der Waals surface area (Å²) in [6, 6.07) is 10.8. The van der Waals surface area contributed by atoms with Gasteiger partial charge in [-0.05, 0) is 30.3 Å². The maximum Gasteiger partial charge on any atom is 0.416 e. The number of aliphatic hydroxyl groups is 1. The molecule has 0 bridgehead atoms. The molecule has 2 heterocycles. The normalized spacial score (nSPS) is 13.5. The number of aromatic nitrogens is 6. The molecule has 0 aliphatic carbocycles. The fourth-order valence-corrected chi connectivity index (χ4v) is 3.91. The van der Waals surface area contributed by atoms with Crippen LogP contribution in [0.5, 0.6) is 0 Å². The van der Waals surface area contributed by atoms with Crippen LogP contribution in [0.15, 0.2) is 59.5 Å². The number of nitrogens with zero attached hydrogens (tertiary/aromatic N) is 6. The number of aliphatic hydroxyl groups excluding tert-OH is 1. The van der Waals surface area contributed by atoms with Gasteiger partial charge in [0.2, 0.25) is 0 Å². The first-order chi connectivity index (χ1) is 17.5. The molecule has 0 radical (unpaired) electrons. The van der Waals surface area contributed by atoms with Crippen LogP contribution in [0.2, 0.25) is 10.0 Å². The van der Waals surface area contributed by atoms with E-state index in [0.717, 1.165) is 9.36 Å². The molecule has 4 rings (SSSR count). The minimum absolute atomic E-state index is 0.101. The molecule has 1 unspecified atom stereocenters. The van der Waals surface area contributed by atoms with Crippen molar-refractivity contribution in [1.29, 1.82) is 0 Å². The van der Waals surface area contributed by atoms with E-state index in [1.807, 2.05) is 0 Å². The molecule has 4 aromatic rings. The lowest BCUT2D eigenvalue weighted by atomic mass is 10.1. The Balaban J connectivity index is 1.70. The molecule has 2 aromatic carbocycles. The van der Waals surface area contributed by atoms with Crippen LogP contribution in [0.25, 0.3) is 11.4 Å². The second kappa shape index (κ2) is 10.4. The van der Waals surface area contributed by atoms with E-state index in [4.69, 9.17) is 23.2 Å². The summed E-state index contributed by atoms with van der Waals surface area (Å²) in [5.74, 6) is -1.41. The quantitative estimate of drug-likeness (QED) is 0.341. The van der Waals surface area contributed by atoms with E-state index in [0.29, 0.717) is 9.59 Å². The number of rotatable bonds is 8. The molecule has 0 saturated carbocycles. The molecule has 0 fully saturated rings. The van der Waals surface area contributed by atoms with Gasteiger partial charge in [0, 0.05) is 21.2 Å². The summed E-state index contributed by atoms with van der Waals surface area (Å²) < 4.78 is 41.7. The van der Waals surface area contributed by atoms with Crippen molar-refractivity contribution >= 4 is 29.2 Å². The molecule has 2 N–H and O–H groups in total. The Morgan fingerprint density at radius 3 is 2.38 bits per heavy atom. The fraction of sp³-hybridized carbons (Fsp3) is 0.227. The van der Waals surface area contributed by atoms with Crippen molar-refractivity contribution in [2.24, 2.45) is 0 Å². The number of carboxylic acids is 1. The van der Waals surface area contributed by atoms with Crippen LogP contribution in [0.4, 0.5) is 13.2 Å². The predicted molar refractivity (Wildman–Crippen MR) is 125 cm³/mol. The standard InChI is InChI=1S/C22H17Cl2F3N6O4/c23-13-7-5-12(6-8-13)19-29-33(21(37)31(19)11-17(34)22(25,26)27)10-14-9-32(30-28-14)18(20(35)36)15-3-1-2-4-16(15)24/h1-9,17-18,34H,10-11H2,(H,35,36)/t17-,18?/m0/s1. The summed E-state index contributed by atoms with van der Waals surface area (Å²) in [6.45, 7) is -1.44. The molecule has 0 amide bonds. The Bertz CT molecular complexity index is 1480. The molecule has 0 aliphatic rings. The summed E-state index contributed by atoms with van der Waals surface area (Å²) in [5.41, 5.74) is -0.323. The second-order valence-corrected chi connectivity index (χ2v) is 8.73. The number of halogens is 5. The third-order valence-corrected chi connectivity index (χ3v) is 5.92. The molecule has 194 valence electrons. The maximum atomic E-state index is 13.0. The van der Waals surface area contributed by atoms with E-state index in [2.05, 4.69) is 15.4 Å². The average Bonchev–Trinajstić information content (AvgIpc) is 3.40. The number of carbonyl (C=O) groups is 1. The van der Waals surface area contributed by atoms with Crippen molar-refractivity contribution in [3.63, 3.8) is 0 Å². The third-order valence-electron chi connectivity index (χ3n) is 5.33. The minimum atomic E-state index is -4.97. The molecule has 2 atom stereocenters. The summed E-state index contributed by atoms with van der Waals surface area (Å²) in [7, 11) is 0. The van der Waals surface area contributed by atoms with E-state index in [1.54, 1.807) is 12.1 Å². The molecule has 0 saturated heterocycles. The molecular formula is C22H17Cl2F3N6O4. The van der Waals surface area contributed by atoms with Gasteiger partial charge in [-0.2, -0.15) is 13.2 Å². The summed E-state index contributed by atoms with van der Waals surface area (Å²) in [6.07, 6.45) is -6.52. The van der Waals surface area contributed by atoms with Gasteiger partial charge in [-0.25, -0.2) is 19.0 Å². The Morgan fingerprint density at radius 1 is 1.08 bits per heavy atom. The van der Waals surface area contributed by atoms with Crippen molar-refractivity contribution in [1.82, 2.24) is 29.3 Å². The van der Waals surface area contributed by atoms with Crippen LogP contribution in [0, 0.1) is 0 Å². The van der Waals surface area contributed by atoms with Gasteiger partial charge in [-0.15, -0.1) is 10.2 Å². The number of alkyl halides is 3. The predicted octanol–water partition coefficient (Wildman–Crippen LogP) is 3.26. The molecular weight excluding hydrogens is 540 g/mol. The molecule has 0 spiro atoms. The molecule has 0 aliphatic heterocycles. The van der Waals surface area contributed by atoms with Crippen LogP contribution in [-0.4, -0.2) is 57.8 Å². The summed E-state index contributed by atoms with van der Waals surface area (Å²) in [4.78, 5) is 24.9. The Kier molecular flexibility index (Phi) is 7.39. The summed E-state index contributed by atoms with van der Waals surface area (Å²) in [5, 5.41) is 31.7. The first-order valence-corrected chi connectivity index (χ1v) is 11.3. The van der Waals surface area contributed by atoms with E-state index in [-0.39, 0.29) is 34.2 Å². The van der Waals surface area contributed by atoms with Crippen LogP contribution >= 0.6 is 23.2 Å². The van der Waals surface area contributed by atoms with Gasteiger partial charge < -0.3 is 10.2 Å². The van der Waals surface area contributed by atoms with Gasteiger partial charge in [-0.1, -0.05) is 46.6 Å². The molecule has 10 nitrogen and oxygen atoms in total. The number of carboxylic acid groups (broad SMARTS) is 1. The topological polar surface area (TPSA) is 128 Å². The number of aliphatic carboxylic acids is 1. The van der Waals surface area contributed by atoms with Crippen LogP contribution in [0.1, 0.15) is 17.3 Å². The zero-order valence-corrected chi connectivity index (χ0v) is 20.1. The summed E-state index contributed by atoms with van der Waals surface area (Å²) >= 11 is 12.0. The van der Waals surface area contributed by atoms with Gasteiger partial charge in [0.05, 0.1) is 19.3 Å². The lowest BCUT2D eigenvalue weighted by Gasteiger charge is -2.15.